The summed E-state index contributed by atoms with van der Waals surface area (Å²) in [4.78, 5) is 11.8. The van der Waals surface area contributed by atoms with Crippen molar-refractivity contribution in [3.63, 3.8) is 0 Å². The topological polar surface area (TPSA) is 42.2 Å². The molecule has 1 aromatic heterocycles. The molecule has 0 bridgehead atoms. The summed E-state index contributed by atoms with van der Waals surface area (Å²) in [6.07, 6.45) is 1.43. The van der Waals surface area contributed by atoms with E-state index >= 15 is 0 Å². The van der Waals surface area contributed by atoms with E-state index in [2.05, 4.69) is 5.32 Å². The number of benzene rings is 1. The monoisotopic (exact) mass is 253 g/mol. The van der Waals surface area contributed by atoms with Gasteiger partial charge in [-0.25, -0.2) is 4.39 Å². The first-order chi connectivity index (χ1) is 8.08. The summed E-state index contributed by atoms with van der Waals surface area (Å²) in [6.45, 7) is 1.68. The second kappa shape index (κ2) is 4.59. The lowest BCUT2D eigenvalue weighted by Crippen LogP contribution is -2.12. The third-order valence-corrected chi connectivity index (χ3v) is 2.60. The van der Waals surface area contributed by atoms with Gasteiger partial charge in [-0.15, -0.1) is 0 Å². The smallest absolute Gasteiger partial charge is 0.259 e. The fraction of sp³-hybridized carbons (Fsp3) is 0.0833. The molecule has 0 radical (unpaired) electrons. The molecule has 88 valence electrons. The molecule has 0 saturated carbocycles. The fourth-order valence-corrected chi connectivity index (χ4v) is 1.62. The average molecular weight is 254 g/mol. The molecule has 0 atom stereocenters. The number of carbonyl (C=O) groups is 1. The minimum atomic E-state index is -0.451. The minimum absolute atomic E-state index is 0.152. The molecule has 0 aliphatic carbocycles. The number of hydrogen-bond acceptors (Lipinski definition) is 2. The van der Waals surface area contributed by atoms with E-state index in [4.69, 9.17) is 16.0 Å². The van der Waals surface area contributed by atoms with Gasteiger partial charge in [0.15, 0.2) is 0 Å². The Morgan fingerprint density at radius 3 is 2.76 bits per heavy atom. The highest BCUT2D eigenvalue weighted by molar-refractivity contribution is 6.33. The lowest BCUT2D eigenvalue weighted by atomic mass is 10.2. The molecule has 0 unspecified atom stereocenters. The van der Waals surface area contributed by atoms with Crippen LogP contribution in [0, 0.1) is 12.7 Å². The molecule has 0 fully saturated rings. The van der Waals surface area contributed by atoms with Gasteiger partial charge in [-0.3, -0.25) is 4.79 Å². The number of amides is 1. The maximum absolute atomic E-state index is 12.8. The van der Waals surface area contributed by atoms with Crippen LogP contribution < -0.4 is 5.32 Å². The zero-order valence-electron chi connectivity index (χ0n) is 8.96. The Kier molecular flexibility index (Phi) is 3.15. The summed E-state index contributed by atoms with van der Waals surface area (Å²) >= 11 is 5.80. The van der Waals surface area contributed by atoms with Gasteiger partial charge in [-0.05, 0) is 31.2 Å². The maximum atomic E-state index is 12.8. The summed E-state index contributed by atoms with van der Waals surface area (Å²) in [7, 11) is 0. The Balaban J connectivity index is 2.22. The lowest BCUT2D eigenvalue weighted by molar-refractivity contribution is 0.102. The number of anilines is 1. The first-order valence-corrected chi connectivity index (χ1v) is 5.26. The summed E-state index contributed by atoms with van der Waals surface area (Å²) in [5.41, 5.74) is 0.782. The van der Waals surface area contributed by atoms with Crippen LogP contribution in [0.2, 0.25) is 5.02 Å². The predicted octanol–water partition coefficient (Wildman–Crippen LogP) is 3.63. The van der Waals surface area contributed by atoms with Crippen LogP contribution in [0.15, 0.2) is 34.9 Å². The van der Waals surface area contributed by atoms with Gasteiger partial charge in [-0.2, -0.15) is 0 Å². The van der Waals surface area contributed by atoms with Gasteiger partial charge >= 0.3 is 0 Å². The van der Waals surface area contributed by atoms with E-state index in [1.54, 1.807) is 13.0 Å². The number of hydrogen-bond donors (Lipinski definition) is 1. The maximum Gasteiger partial charge on any atom is 0.259 e. The first-order valence-electron chi connectivity index (χ1n) is 4.88. The van der Waals surface area contributed by atoms with E-state index in [1.807, 2.05) is 0 Å². The van der Waals surface area contributed by atoms with Crippen molar-refractivity contribution in [1.82, 2.24) is 0 Å². The molecule has 0 aliphatic rings. The van der Waals surface area contributed by atoms with Crippen molar-refractivity contribution < 1.29 is 13.6 Å². The van der Waals surface area contributed by atoms with Crippen LogP contribution in [-0.2, 0) is 0 Å². The number of carbonyl (C=O) groups excluding carboxylic acids is 1. The Hall–Kier alpha value is -1.81. The molecule has 3 nitrogen and oxygen atoms in total. The standard InChI is InChI=1S/C12H9ClFNO2/c1-7-9(4-5-17-7)12(16)15-11-3-2-8(14)6-10(11)13/h2-6H,1H3,(H,15,16). The number of nitrogens with one attached hydrogen (secondary N) is 1. The zero-order valence-corrected chi connectivity index (χ0v) is 9.72. The summed E-state index contributed by atoms with van der Waals surface area (Å²) in [5.74, 6) is -0.280. The van der Waals surface area contributed by atoms with Crippen LogP contribution in [0.1, 0.15) is 16.1 Å². The Morgan fingerprint density at radius 2 is 2.18 bits per heavy atom. The molecule has 17 heavy (non-hydrogen) atoms. The van der Waals surface area contributed by atoms with Gasteiger partial charge < -0.3 is 9.73 Å². The van der Waals surface area contributed by atoms with Gasteiger partial charge in [0.05, 0.1) is 22.5 Å². The van der Waals surface area contributed by atoms with Crippen LogP contribution in [0.4, 0.5) is 10.1 Å². The molecule has 5 heteroatoms. The first kappa shape index (κ1) is 11.7. The van der Waals surface area contributed by atoms with E-state index in [1.165, 1.54) is 18.4 Å². The van der Waals surface area contributed by atoms with Crippen molar-refractivity contribution in [3.8, 4) is 0 Å². The number of furan rings is 1. The number of aryl methyl sites for hydroxylation is 1. The number of rotatable bonds is 2. The van der Waals surface area contributed by atoms with Gasteiger partial charge in [0.2, 0.25) is 0 Å². The van der Waals surface area contributed by atoms with E-state index < -0.39 is 5.82 Å². The molecule has 1 aromatic carbocycles. The predicted molar refractivity (Wildman–Crippen MR) is 62.8 cm³/mol. The van der Waals surface area contributed by atoms with Crippen LogP contribution in [0.5, 0.6) is 0 Å². The van der Waals surface area contributed by atoms with Crippen LogP contribution >= 0.6 is 11.6 Å². The van der Waals surface area contributed by atoms with Gasteiger partial charge in [0.1, 0.15) is 11.6 Å². The fourth-order valence-electron chi connectivity index (χ4n) is 1.40. The quantitative estimate of drug-likeness (QED) is 0.888. The highest BCUT2D eigenvalue weighted by Gasteiger charge is 2.13. The highest BCUT2D eigenvalue weighted by Crippen LogP contribution is 2.23. The number of halogens is 2. The molecule has 1 amide bonds. The SMILES string of the molecule is Cc1occc1C(=O)Nc1ccc(F)cc1Cl. The van der Waals surface area contributed by atoms with E-state index in [9.17, 15) is 9.18 Å². The molecule has 0 aliphatic heterocycles. The highest BCUT2D eigenvalue weighted by atomic mass is 35.5. The Morgan fingerprint density at radius 1 is 1.41 bits per heavy atom. The Bertz CT molecular complexity index is 565. The van der Waals surface area contributed by atoms with Crippen LogP contribution in [0.3, 0.4) is 0 Å². The van der Waals surface area contributed by atoms with Crippen molar-refractivity contribution in [2.75, 3.05) is 5.32 Å². The van der Waals surface area contributed by atoms with E-state index in [0.29, 0.717) is 17.0 Å². The minimum Gasteiger partial charge on any atom is -0.469 e. The molecular weight excluding hydrogens is 245 g/mol. The molecule has 1 N–H and O–H groups in total. The van der Waals surface area contributed by atoms with Crippen molar-refractivity contribution >= 4 is 23.2 Å². The van der Waals surface area contributed by atoms with E-state index in [0.717, 1.165) is 6.07 Å². The zero-order chi connectivity index (χ0) is 12.4. The summed E-state index contributed by atoms with van der Waals surface area (Å²) in [5, 5.41) is 2.74. The van der Waals surface area contributed by atoms with Crippen molar-refractivity contribution in [1.29, 1.82) is 0 Å². The van der Waals surface area contributed by atoms with Crippen LogP contribution in [0.25, 0.3) is 0 Å². The molecule has 0 spiro atoms. The van der Waals surface area contributed by atoms with E-state index in [-0.39, 0.29) is 10.9 Å². The average Bonchev–Trinajstić information content (AvgIpc) is 2.68. The van der Waals surface area contributed by atoms with Crippen molar-refractivity contribution in [2.45, 2.75) is 6.92 Å². The molecular formula is C12H9ClFNO2. The second-order valence-corrected chi connectivity index (χ2v) is 3.88. The molecule has 2 rings (SSSR count). The summed E-state index contributed by atoms with van der Waals surface area (Å²) in [6, 6.07) is 5.33. The van der Waals surface area contributed by atoms with Crippen molar-refractivity contribution in [3.05, 3.63) is 52.7 Å². The summed E-state index contributed by atoms with van der Waals surface area (Å²) < 4.78 is 17.8. The lowest BCUT2D eigenvalue weighted by Gasteiger charge is -2.06. The molecule has 1 heterocycles. The Labute approximate surface area is 102 Å². The third kappa shape index (κ3) is 2.47. The van der Waals surface area contributed by atoms with Gasteiger partial charge in [0, 0.05) is 0 Å². The molecule has 2 aromatic rings. The third-order valence-electron chi connectivity index (χ3n) is 2.28. The van der Waals surface area contributed by atoms with Gasteiger partial charge in [0.25, 0.3) is 5.91 Å². The van der Waals surface area contributed by atoms with Crippen LogP contribution in [-0.4, -0.2) is 5.91 Å². The van der Waals surface area contributed by atoms with Crippen molar-refractivity contribution in [2.24, 2.45) is 0 Å². The molecule has 0 saturated heterocycles. The second-order valence-electron chi connectivity index (χ2n) is 3.47. The largest absolute Gasteiger partial charge is 0.469 e. The normalized spacial score (nSPS) is 10.3. The van der Waals surface area contributed by atoms with Gasteiger partial charge in [-0.1, -0.05) is 11.6 Å².